The fourth-order valence-electron chi connectivity index (χ4n) is 1.87. The molecule has 0 spiro atoms. The van der Waals surface area contributed by atoms with Crippen LogP contribution in [0.4, 0.5) is 22.0 Å². The molecule has 0 aromatic heterocycles. The van der Waals surface area contributed by atoms with Crippen molar-refractivity contribution < 1.29 is 31.4 Å². The number of alkyl halides is 4. The summed E-state index contributed by atoms with van der Waals surface area (Å²) in [6.45, 7) is 1.41. The van der Waals surface area contributed by atoms with Crippen LogP contribution in [-0.2, 0) is 0 Å². The van der Waals surface area contributed by atoms with Gasteiger partial charge in [-0.15, -0.1) is 0 Å². The quantitative estimate of drug-likeness (QED) is 0.783. The molecule has 1 aromatic carbocycles. The maximum absolute atomic E-state index is 14.0. The summed E-state index contributed by atoms with van der Waals surface area (Å²) in [5.74, 6) is -5.56. The van der Waals surface area contributed by atoms with Crippen LogP contribution in [0.3, 0.4) is 0 Å². The fourth-order valence-corrected chi connectivity index (χ4v) is 1.87. The predicted octanol–water partition coefficient (Wildman–Crippen LogP) is 3.39. The smallest absolute Gasteiger partial charge is 0.326 e. The normalized spacial score (nSPS) is 13.4. The Morgan fingerprint density at radius 1 is 1.14 bits per heavy atom. The van der Waals surface area contributed by atoms with Crippen molar-refractivity contribution in [2.75, 3.05) is 20.8 Å². The lowest BCUT2D eigenvalue weighted by Gasteiger charge is -2.28. The van der Waals surface area contributed by atoms with Gasteiger partial charge in [-0.25, -0.2) is 13.2 Å². The average molecular weight is 313 g/mol. The third-order valence-corrected chi connectivity index (χ3v) is 2.90. The third-order valence-electron chi connectivity index (χ3n) is 2.90. The van der Waals surface area contributed by atoms with Crippen LogP contribution >= 0.6 is 0 Å². The highest BCUT2D eigenvalue weighted by Crippen LogP contribution is 2.40. The Hall–Kier alpha value is -1.57. The first kappa shape index (κ1) is 17.5. The van der Waals surface area contributed by atoms with Crippen molar-refractivity contribution in [2.24, 2.45) is 0 Å². The van der Waals surface area contributed by atoms with Crippen molar-refractivity contribution >= 4 is 0 Å². The molecule has 0 heterocycles. The lowest BCUT2D eigenvalue weighted by atomic mass is 9.99. The molecule has 3 nitrogen and oxygen atoms in total. The topological polar surface area (TPSA) is 30.5 Å². The van der Waals surface area contributed by atoms with Crippen LogP contribution in [0.2, 0.25) is 0 Å². The van der Waals surface area contributed by atoms with Gasteiger partial charge in [0.1, 0.15) is 11.9 Å². The average Bonchev–Trinajstić information content (AvgIpc) is 2.44. The lowest BCUT2D eigenvalue weighted by Crippen LogP contribution is -2.43. The summed E-state index contributed by atoms with van der Waals surface area (Å²) in [5, 5.41) is 2.18. The first-order valence-electron chi connectivity index (χ1n) is 6.10. The predicted molar refractivity (Wildman–Crippen MR) is 66.9 cm³/mol. The van der Waals surface area contributed by atoms with Crippen LogP contribution in [-0.4, -0.2) is 33.1 Å². The van der Waals surface area contributed by atoms with Crippen LogP contribution in [0, 0.1) is 5.82 Å². The van der Waals surface area contributed by atoms with Gasteiger partial charge in [0.2, 0.25) is 0 Å². The SMILES string of the molecule is CCNC(c1cc(OC)c(OC)cc1F)C(F)(F)C(F)F. The molecule has 21 heavy (non-hydrogen) atoms. The van der Waals surface area contributed by atoms with Gasteiger partial charge < -0.3 is 14.8 Å². The lowest BCUT2D eigenvalue weighted by molar-refractivity contribution is -0.151. The van der Waals surface area contributed by atoms with E-state index in [9.17, 15) is 22.0 Å². The number of ether oxygens (including phenoxy) is 2. The Balaban J connectivity index is 3.38. The van der Waals surface area contributed by atoms with E-state index < -0.39 is 29.8 Å². The van der Waals surface area contributed by atoms with E-state index in [1.165, 1.54) is 21.1 Å². The molecule has 0 fully saturated rings. The van der Waals surface area contributed by atoms with Crippen molar-refractivity contribution in [3.63, 3.8) is 0 Å². The van der Waals surface area contributed by atoms with E-state index in [-0.39, 0.29) is 18.0 Å². The second-order valence-electron chi connectivity index (χ2n) is 4.19. The van der Waals surface area contributed by atoms with Gasteiger partial charge in [0.15, 0.2) is 11.5 Å². The highest BCUT2D eigenvalue weighted by atomic mass is 19.3. The molecular weight excluding hydrogens is 297 g/mol. The van der Waals surface area contributed by atoms with Gasteiger partial charge in [0.25, 0.3) is 0 Å². The van der Waals surface area contributed by atoms with Crippen LogP contribution < -0.4 is 14.8 Å². The van der Waals surface area contributed by atoms with Gasteiger partial charge >= 0.3 is 12.3 Å². The maximum atomic E-state index is 14.0. The summed E-state index contributed by atoms with van der Waals surface area (Å²) < 4.78 is 76.1. The Morgan fingerprint density at radius 3 is 2.10 bits per heavy atom. The van der Waals surface area contributed by atoms with E-state index in [0.717, 1.165) is 12.1 Å². The molecule has 1 atom stereocenters. The third kappa shape index (κ3) is 3.55. The Morgan fingerprint density at radius 2 is 1.67 bits per heavy atom. The number of halogens is 5. The molecule has 0 aliphatic rings. The Labute approximate surface area is 119 Å². The van der Waals surface area contributed by atoms with E-state index in [2.05, 4.69) is 5.32 Å². The molecule has 1 N–H and O–H groups in total. The van der Waals surface area contributed by atoms with Crippen LogP contribution in [0.1, 0.15) is 18.5 Å². The standard InChI is InChI=1S/C13H16F5NO2/c1-4-19-11(13(17,18)12(15)16)7-5-9(20-2)10(21-3)6-8(7)14/h5-6,11-12,19H,4H2,1-3H3. The van der Waals surface area contributed by atoms with Crippen LogP contribution in [0.15, 0.2) is 12.1 Å². The Kier molecular flexibility index (Phi) is 5.77. The van der Waals surface area contributed by atoms with E-state index >= 15 is 0 Å². The zero-order valence-electron chi connectivity index (χ0n) is 11.7. The second kappa shape index (κ2) is 6.93. The number of rotatable bonds is 7. The summed E-state index contributed by atoms with van der Waals surface area (Å²) in [7, 11) is 2.47. The fraction of sp³-hybridized carbons (Fsp3) is 0.538. The molecule has 0 aliphatic heterocycles. The molecule has 0 radical (unpaired) electrons. The molecule has 1 aromatic rings. The van der Waals surface area contributed by atoms with Crippen LogP contribution in [0.25, 0.3) is 0 Å². The molecular formula is C13H16F5NO2. The van der Waals surface area contributed by atoms with E-state index in [0.29, 0.717) is 0 Å². The Bertz CT molecular complexity index is 482. The molecule has 1 rings (SSSR count). The molecule has 0 saturated heterocycles. The van der Waals surface area contributed by atoms with E-state index in [1.807, 2.05) is 0 Å². The monoisotopic (exact) mass is 313 g/mol. The molecule has 120 valence electrons. The molecule has 0 bridgehead atoms. The number of hydrogen-bond acceptors (Lipinski definition) is 3. The highest BCUT2D eigenvalue weighted by molar-refractivity contribution is 5.45. The van der Waals surface area contributed by atoms with E-state index in [1.54, 1.807) is 0 Å². The minimum absolute atomic E-state index is 0.0191. The van der Waals surface area contributed by atoms with Gasteiger partial charge in [-0.1, -0.05) is 6.92 Å². The number of methoxy groups -OCH3 is 2. The van der Waals surface area contributed by atoms with Crippen molar-refractivity contribution in [2.45, 2.75) is 25.3 Å². The van der Waals surface area contributed by atoms with Crippen molar-refractivity contribution in [3.05, 3.63) is 23.5 Å². The first-order valence-corrected chi connectivity index (χ1v) is 6.10. The summed E-state index contributed by atoms with van der Waals surface area (Å²) in [5.41, 5.74) is -0.611. The zero-order chi connectivity index (χ0) is 16.2. The minimum atomic E-state index is -4.43. The summed E-state index contributed by atoms with van der Waals surface area (Å²) in [6.07, 6.45) is -3.94. The minimum Gasteiger partial charge on any atom is -0.493 e. The largest absolute Gasteiger partial charge is 0.493 e. The van der Waals surface area contributed by atoms with Gasteiger partial charge in [0.05, 0.1) is 14.2 Å². The summed E-state index contributed by atoms with van der Waals surface area (Å²) in [6, 6.07) is -0.431. The second-order valence-corrected chi connectivity index (χ2v) is 4.19. The highest BCUT2D eigenvalue weighted by Gasteiger charge is 2.50. The van der Waals surface area contributed by atoms with Gasteiger partial charge in [-0.2, -0.15) is 8.78 Å². The molecule has 1 unspecified atom stereocenters. The maximum Gasteiger partial charge on any atom is 0.326 e. The zero-order valence-corrected chi connectivity index (χ0v) is 11.7. The summed E-state index contributed by atoms with van der Waals surface area (Å²) >= 11 is 0. The number of hydrogen-bond donors (Lipinski definition) is 1. The van der Waals surface area contributed by atoms with Gasteiger partial charge in [-0.3, -0.25) is 0 Å². The number of benzene rings is 1. The summed E-state index contributed by atoms with van der Waals surface area (Å²) in [4.78, 5) is 0. The first-order chi connectivity index (χ1) is 9.79. The number of nitrogens with one attached hydrogen (secondary N) is 1. The molecule has 0 aliphatic carbocycles. The van der Waals surface area contributed by atoms with Crippen molar-refractivity contribution in [1.82, 2.24) is 5.32 Å². The van der Waals surface area contributed by atoms with Crippen molar-refractivity contribution in [1.29, 1.82) is 0 Å². The molecule has 0 amide bonds. The molecule has 8 heteroatoms. The molecule has 0 saturated carbocycles. The van der Waals surface area contributed by atoms with Gasteiger partial charge in [-0.05, 0) is 12.6 Å². The van der Waals surface area contributed by atoms with Gasteiger partial charge in [0, 0.05) is 11.6 Å². The van der Waals surface area contributed by atoms with Crippen molar-refractivity contribution in [3.8, 4) is 11.5 Å². The van der Waals surface area contributed by atoms with E-state index in [4.69, 9.17) is 9.47 Å². The van der Waals surface area contributed by atoms with Crippen LogP contribution in [0.5, 0.6) is 11.5 Å².